The zero-order valence-corrected chi connectivity index (χ0v) is 15.8. The van der Waals surface area contributed by atoms with Crippen LogP contribution in [0.25, 0.3) is 0 Å². The summed E-state index contributed by atoms with van der Waals surface area (Å²) in [5.41, 5.74) is 0.0863. The van der Waals surface area contributed by atoms with Gasteiger partial charge in [0.15, 0.2) is 0 Å². The molecular weight excluding hydrogens is 344 g/mol. The molecule has 0 saturated heterocycles. The number of hydrogen-bond donors (Lipinski definition) is 1. The van der Waals surface area contributed by atoms with Crippen LogP contribution < -0.4 is 10.4 Å². The summed E-state index contributed by atoms with van der Waals surface area (Å²) < 4.78 is 26.4. The topological polar surface area (TPSA) is 107 Å². The molecule has 0 unspecified atom stereocenters. The predicted octanol–water partition coefficient (Wildman–Crippen LogP) is 0.612. The normalized spacial score (nSPS) is 13.0. The van der Waals surface area contributed by atoms with Crippen molar-refractivity contribution in [3.05, 3.63) is 29.8 Å². The third-order valence-corrected chi connectivity index (χ3v) is 5.78. The lowest BCUT2D eigenvalue weighted by atomic mass is 10.0. The van der Waals surface area contributed by atoms with Crippen LogP contribution in [0.5, 0.6) is 0 Å². The second kappa shape index (κ2) is 8.96. The molecular formula is C17H25N2O5S-. The molecule has 0 spiro atoms. The Balaban J connectivity index is 3.08. The van der Waals surface area contributed by atoms with Gasteiger partial charge in [-0.05, 0) is 30.5 Å². The Labute approximate surface area is 149 Å². The van der Waals surface area contributed by atoms with E-state index >= 15 is 0 Å². The summed E-state index contributed by atoms with van der Waals surface area (Å²) in [4.78, 5) is 23.5. The maximum atomic E-state index is 12.5. The van der Waals surface area contributed by atoms with Crippen LogP contribution in [0.3, 0.4) is 0 Å². The quantitative estimate of drug-likeness (QED) is 0.686. The Morgan fingerprint density at radius 2 is 1.80 bits per heavy atom. The minimum Gasteiger partial charge on any atom is -0.548 e. The predicted molar refractivity (Wildman–Crippen MR) is 92.3 cm³/mol. The van der Waals surface area contributed by atoms with Crippen molar-refractivity contribution in [3.63, 3.8) is 0 Å². The van der Waals surface area contributed by atoms with Gasteiger partial charge in [-0.1, -0.05) is 33.8 Å². The maximum absolute atomic E-state index is 12.5. The van der Waals surface area contributed by atoms with Crippen LogP contribution in [0.1, 0.15) is 44.5 Å². The van der Waals surface area contributed by atoms with Gasteiger partial charge in [0.25, 0.3) is 5.91 Å². The van der Waals surface area contributed by atoms with Crippen molar-refractivity contribution in [2.24, 2.45) is 5.92 Å². The highest BCUT2D eigenvalue weighted by Gasteiger charge is 2.23. The van der Waals surface area contributed by atoms with E-state index in [1.807, 2.05) is 13.8 Å². The average molecular weight is 369 g/mol. The van der Waals surface area contributed by atoms with Gasteiger partial charge in [0, 0.05) is 18.7 Å². The fourth-order valence-electron chi connectivity index (χ4n) is 2.44. The van der Waals surface area contributed by atoms with E-state index in [0.29, 0.717) is 13.1 Å². The molecule has 1 aromatic rings. The highest BCUT2D eigenvalue weighted by atomic mass is 32.2. The molecule has 0 aromatic heterocycles. The number of amides is 1. The van der Waals surface area contributed by atoms with Crippen LogP contribution in [-0.2, 0) is 14.8 Å². The van der Waals surface area contributed by atoms with Gasteiger partial charge >= 0.3 is 0 Å². The van der Waals surface area contributed by atoms with Gasteiger partial charge in [-0.2, -0.15) is 4.31 Å². The van der Waals surface area contributed by atoms with Crippen molar-refractivity contribution in [1.29, 1.82) is 0 Å². The molecule has 0 aliphatic heterocycles. The minimum atomic E-state index is -3.70. The minimum absolute atomic E-state index is 0.00212. The van der Waals surface area contributed by atoms with E-state index in [0.717, 1.165) is 0 Å². The van der Waals surface area contributed by atoms with E-state index < -0.39 is 27.9 Å². The van der Waals surface area contributed by atoms with Gasteiger partial charge in [0.1, 0.15) is 0 Å². The smallest absolute Gasteiger partial charge is 0.251 e. The maximum Gasteiger partial charge on any atom is 0.251 e. The second-order valence-electron chi connectivity index (χ2n) is 6.09. The first kappa shape index (κ1) is 21.1. The summed E-state index contributed by atoms with van der Waals surface area (Å²) in [6, 6.07) is 4.44. The van der Waals surface area contributed by atoms with Crippen molar-refractivity contribution >= 4 is 21.9 Å². The number of hydrogen-bond acceptors (Lipinski definition) is 5. The zero-order chi connectivity index (χ0) is 19.2. The number of rotatable bonds is 9. The number of carbonyl (C=O) groups is 2. The fraction of sp³-hybridized carbons (Fsp3) is 0.529. The van der Waals surface area contributed by atoms with Crippen molar-refractivity contribution in [2.75, 3.05) is 13.1 Å². The molecule has 0 fully saturated rings. The third kappa shape index (κ3) is 5.54. The Morgan fingerprint density at radius 3 is 2.28 bits per heavy atom. The van der Waals surface area contributed by atoms with E-state index in [-0.39, 0.29) is 22.8 Å². The van der Waals surface area contributed by atoms with E-state index in [1.54, 1.807) is 13.8 Å². The largest absolute Gasteiger partial charge is 0.548 e. The number of carboxylic acid groups (broad SMARTS) is 1. The standard InChI is InChI=1S/C17H26N2O5S/c1-5-19(6-2)25(23,24)14-9-7-8-13(11-14)16(20)18-15(17(21)22)10-12(3)4/h7-9,11-12,15H,5-6,10H2,1-4H3,(H,18,20)(H,21,22)/p-1/t15-/m0/s1. The van der Waals surface area contributed by atoms with Crippen LogP contribution in [0.4, 0.5) is 0 Å². The SMILES string of the molecule is CCN(CC)S(=O)(=O)c1cccc(C(=O)N[C@@H](CC(C)C)C(=O)[O-])c1. The molecule has 1 aromatic carbocycles. The summed E-state index contributed by atoms with van der Waals surface area (Å²) in [5.74, 6) is -1.96. The Kier molecular flexibility index (Phi) is 7.57. The van der Waals surface area contributed by atoms with E-state index in [2.05, 4.69) is 5.32 Å². The lowest BCUT2D eigenvalue weighted by Crippen LogP contribution is -2.48. The third-order valence-electron chi connectivity index (χ3n) is 3.74. The highest BCUT2D eigenvalue weighted by molar-refractivity contribution is 7.89. The molecule has 0 aliphatic rings. The average Bonchev–Trinajstić information content (AvgIpc) is 2.54. The molecule has 0 radical (unpaired) electrons. The molecule has 0 aliphatic carbocycles. The van der Waals surface area contributed by atoms with E-state index in [9.17, 15) is 23.1 Å². The van der Waals surface area contributed by atoms with Gasteiger partial charge in [-0.3, -0.25) is 4.79 Å². The fourth-order valence-corrected chi connectivity index (χ4v) is 3.94. The second-order valence-corrected chi connectivity index (χ2v) is 8.03. The summed E-state index contributed by atoms with van der Waals surface area (Å²) >= 11 is 0. The molecule has 1 amide bonds. The number of sulfonamides is 1. The molecule has 0 bridgehead atoms. The Bertz CT molecular complexity index is 712. The van der Waals surface area contributed by atoms with Crippen LogP contribution in [0.2, 0.25) is 0 Å². The molecule has 1 rings (SSSR count). The lowest BCUT2D eigenvalue weighted by molar-refractivity contribution is -0.308. The van der Waals surface area contributed by atoms with Gasteiger partial charge in [0.05, 0.1) is 16.9 Å². The van der Waals surface area contributed by atoms with Gasteiger partial charge in [-0.15, -0.1) is 0 Å². The first-order chi connectivity index (χ1) is 11.6. The first-order valence-electron chi connectivity index (χ1n) is 8.25. The van der Waals surface area contributed by atoms with Crippen LogP contribution in [0.15, 0.2) is 29.2 Å². The number of carbonyl (C=O) groups excluding carboxylic acids is 2. The summed E-state index contributed by atoms with van der Waals surface area (Å²) in [7, 11) is -3.70. The lowest BCUT2D eigenvalue weighted by Gasteiger charge is -2.22. The van der Waals surface area contributed by atoms with Crippen LogP contribution >= 0.6 is 0 Å². The van der Waals surface area contributed by atoms with Gasteiger partial charge in [-0.25, -0.2) is 8.42 Å². The first-order valence-corrected chi connectivity index (χ1v) is 9.69. The molecule has 140 valence electrons. The number of nitrogens with zero attached hydrogens (tertiary/aromatic N) is 1. The Morgan fingerprint density at radius 1 is 1.20 bits per heavy atom. The summed E-state index contributed by atoms with van der Waals surface area (Å²) in [6.07, 6.45) is 0.228. The van der Waals surface area contributed by atoms with Crippen molar-refractivity contribution in [2.45, 2.75) is 45.1 Å². The summed E-state index contributed by atoms with van der Waals surface area (Å²) in [6.45, 7) is 7.76. The molecule has 7 nitrogen and oxygen atoms in total. The zero-order valence-electron chi connectivity index (χ0n) is 15.0. The van der Waals surface area contributed by atoms with Crippen molar-refractivity contribution < 1.29 is 23.1 Å². The molecule has 25 heavy (non-hydrogen) atoms. The highest BCUT2D eigenvalue weighted by Crippen LogP contribution is 2.17. The van der Waals surface area contributed by atoms with Crippen molar-refractivity contribution in [1.82, 2.24) is 9.62 Å². The molecule has 0 saturated carbocycles. The molecule has 8 heteroatoms. The van der Waals surface area contributed by atoms with E-state index in [4.69, 9.17) is 0 Å². The monoisotopic (exact) mass is 369 g/mol. The number of nitrogens with one attached hydrogen (secondary N) is 1. The van der Waals surface area contributed by atoms with Crippen LogP contribution in [0, 0.1) is 5.92 Å². The molecule has 1 N–H and O–H groups in total. The molecule has 0 heterocycles. The number of benzene rings is 1. The van der Waals surface area contributed by atoms with Gasteiger partial charge < -0.3 is 15.2 Å². The van der Waals surface area contributed by atoms with Crippen LogP contribution in [-0.4, -0.2) is 43.7 Å². The van der Waals surface area contributed by atoms with Crippen molar-refractivity contribution in [3.8, 4) is 0 Å². The Hall–Kier alpha value is -1.93. The molecule has 1 atom stereocenters. The summed E-state index contributed by atoms with van der Waals surface area (Å²) in [5, 5.41) is 13.6. The van der Waals surface area contributed by atoms with Gasteiger partial charge in [0.2, 0.25) is 10.0 Å². The van der Waals surface area contributed by atoms with E-state index in [1.165, 1.54) is 28.6 Å². The number of aliphatic carboxylic acids is 1. The number of carboxylic acids is 1.